The molecule has 0 radical (unpaired) electrons. The van der Waals surface area contributed by atoms with E-state index in [1.165, 1.54) is 34.9 Å². The number of nitrogens with zero attached hydrogens (tertiary/aromatic N) is 1. The number of carbonyl (C=O) groups excluding carboxylic acids is 1. The van der Waals surface area contributed by atoms with Crippen LogP contribution in [0.4, 0.5) is 5.69 Å². The molecule has 30 heavy (non-hydrogen) atoms. The van der Waals surface area contributed by atoms with Crippen LogP contribution in [0.25, 0.3) is 17.4 Å². The second-order valence-electron chi connectivity index (χ2n) is 6.55. The van der Waals surface area contributed by atoms with Gasteiger partial charge in [0.15, 0.2) is 4.32 Å². The lowest BCUT2D eigenvalue weighted by atomic mass is 10.1. The highest BCUT2D eigenvalue weighted by Gasteiger charge is 2.33. The molecule has 0 bridgehead atoms. The minimum atomic E-state index is -1.06. The van der Waals surface area contributed by atoms with E-state index >= 15 is 0 Å². The average molecular weight is 456 g/mol. The zero-order valence-electron chi connectivity index (χ0n) is 15.6. The first-order valence-electron chi connectivity index (χ1n) is 8.81. The van der Waals surface area contributed by atoms with Crippen molar-refractivity contribution in [2.45, 2.75) is 6.92 Å². The topological polar surface area (TPSA) is 70.8 Å². The number of amides is 1. The quantitative estimate of drug-likeness (QED) is 0.383. The van der Waals surface area contributed by atoms with Crippen LogP contribution in [0, 0.1) is 6.92 Å². The maximum absolute atomic E-state index is 12.9. The Morgan fingerprint density at radius 1 is 1.17 bits per heavy atom. The maximum atomic E-state index is 12.9. The average Bonchev–Trinajstić information content (AvgIpc) is 3.27. The van der Waals surface area contributed by atoms with Crippen molar-refractivity contribution in [1.29, 1.82) is 0 Å². The number of rotatable bonds is 4. The summed E-state index contributed by atoms with van der Waals surface area (Å²) in [5, 5.41) is 9.56. The summed E-state index contributed by atoms with van der Waals surface area (Å²) >= 11 is 12.8. The monoisotopic (exact) mass is 455 g/mol. The molecule has 8 heteroatoms. The Labute approximate surface area is 186 Å². The summed E-state index contributed by atoms with van der Waals surface area (Å²) < 4.78 is 6.25. The lowest BCUT2D eigenvalue weighted by Crippen LogP contribution is -2.27. The van der Waals surface area contributed by atoms with E-state index in [4.69, 9.17) is 28.2 Å². The van der Waals surface area contributed by atoms with E-state index in [0.29, 0.717) is 37.0 Å². The van der Waals surface area contributed by atoms with Crippen LogP contribution in [0.3, 0.4) is 0 Å². The molecule has 4 rings (SSSR count). The summed E-state index contributed by atoms with van der Waals surface area (Å²) in [5.41, 5.74) is 2.37. The molecule has 0 spiro atoms. The first kappa shape index (κ1) is 20.4. The van der Waals surface area contributed by atoms with E-state index < -0.39 is 5.97 Å². The molecule has 1 aromatic heterocycles. The molecule has 1 amide bonds. The van der Waals surface area contributed by atoms with Gasteiger partial charge in [-0.2, -0.15) is 0 Å². The number of furan rings is 1. The second kappa shape index (κ2) is 8.10. The maximum Gasteiger partial charge on any atom is 0.335 e. The third kappa shape index (κ3) is 3.92. The van der Waals surface area contributed by atoms with Gasteiger partial charge in [0.1, 0.15) is 11.5 Å². The molecular weight excluding hydrogens is 442 g/mol. The summed E-state index contributed by atoms with van der Waals surface area (Å²) in [7, 11) is 0. The molecule has 2 aromatic carbocycles. The Hall–Kier alpha value is -2.87. The van der Waals surface area contributed by atoms with Gasteiger partial charge in [-0.25, -0.2) is 4.79 Å². The zero-order chi connectivity index (χ0) is 21.4. The first-order valence-corrected chi connectivity index (χ1v) is 10.4. The third-order valence-corrected chi connectivity index (χ3v) is 6.10. The van der Waals surface area contributed by atoms with Gasteiger partial charge >= 0.3 is 5.97 Å². The molecule has 2 heterocycles. The van der Waals surface area contributed by atoms with Crippen molar-refractivity contribution in [1.82, 2.24) is 0 Å². The number of hydrogen-bond acceptors (Lipinski definition) is 5. The summed E-state index contributed by atoms with van der Waals surface area (Å²) in [6.07, 6.45) is 1.62. The smallest absolute Gasteiger partial charge is 0.335 e. The van der Waals surface area contributed by atoms with Crippen LogP contribution in [-0.4, -0.2) is 21.3 Å². The van der Waals surface area contributed by atoms with Crippen molar-refractivity contribution >= 4 is 63.5 Å². The van der Waals surface area contributed by atoms with Crippen LogP contribution < -0.4 is 4.90 Å². The molecule has 1 fully saturated rings. The van der Waals surface area contributed by atoms with E-state index in [2.05, 4.69) is 0 Å². The molecule has 3 aromatic rings. The Balaban J connectivity index is 1.63. The Bertz CT molecular complexity index is 1210. The summed E-state index contributed by atoms with van der Waals surface area (Å²) in [5.74, 6) is -0.438. The minimum absolute atomic E-state index is 0.103. The van der Waals surface area contributed by atoms with Crippen LogP contribution in [0.5, 0.6) is 0 Å². The van der Waals surface area contributed by atoms with Crippen molar-refractivity contribution < 1.29 is 19.1 Å². The lowest BCUT2D eigenvalue weighted by molar-refractivity contribution is -0.113. The van der Waals surface area contributed by atoms with Gasteiger partial charge in [0, 0.05) is 11.6 Å². The number of carboxylic acids is 1. The summed E-state index contributed by atoms with van der Waals surface area (Å²) in [6, 6.07) is 15.3. The van der Waals surface area contributed by atoms with E-state index in [9.17, 15) is 14.7 Å². The molecule has 150 valence electrons. The number of anilines is 1. The number of benzene rings is 2. The normalized spacial score (nSPS) is 15.3. The number of carboxylic acid groups (broad SMARTS) is 1. The van der Waals surface area contributed by atoms with E-state index in [1.807, 2.05) is 31.2 Å². The van der Waals surface area contributed by atoms with Crippen molar-refractivity contribution in [3.05, 3.63) is 81.4 Å². The first-order chi connectivity index (χ1) is 14.3. The lowest BCUT2D eigenvalue weighted by Gasteiger charge is -2.14. The Morgan fingerprint density at radius 2 is 1.90 bits per heavy atom. The van der Waals surface area contributed by atoms with Gasteiger partial charge in [-0.1, -0.05) is 53.3 Å². The molecule has 0 atom stereocenters. The highest BCUT2D eigenvalue weighted by atomic mass is 35.5. The van der Waals surface area contributed by atoms with E-state index in [-0.39, 0.29) is 11.5 Å². The third-order valence-electron chi connectivity index (χ3n) is 4.46. The molecule has 1 aliphatic rings. The highest BCUT2D eigenvalue weighted by molar-refractivity contribution is 8.27. The van der Waals surface area contributed by atoms with Crippen molar-refractivity contribution in [2.24, 2.45) is 0 Å². The number of hydrogen-bond donors (Lipinski definition) is 1. The summed E-state index contributed by atoms with van der Waals surface area (Å²) in [4.78, 5) is 26.0. The minimum Gasteiger partial charge on any atom is -0.478 e. The van der Waals surface area contributed by atoms with Crippen LogP contribution in [0.1, 0.15) is 21.7 Å². The molecule has 1 N–H and O–H groups in total. The predicted octanol–water partition coefficient (Wildman–Crippen LogP) is 6.01. The van der Waals surface area contributed by atoms with Crippen molar-refractivity contribution in [3.8, 4) is 11.3 Å². The number of aryl methyl sites for hydroxylation is 1. The number of thiocarbonyl (C=S) groups is 1. The van der Waals surface area contributed by atoms with Crippen LogP contribution >= 0.6 is 35.6 Å². The fraction of sp³-hybridized carbons (Fsp3) is 0.0455. The van der Waals surface area contributed by atoms with Gasteiger partial charge in [-0.3, -0.25) is 9.69 Å². The van der Waals surface area contributed by atoms with Gasteiger partial charge in [-0.15, -0.1) is 0 Å². The van der Waals surface area contributed by atoms with Gasteiger partial charge in [0.2, 0.25) is 0 Å². The van der Waals surface area contributed by atoms with Crippen LogP contribution in [0.2, 0.25) is 5.02 Å². The van der Waals surface area contributed by atoms with Crippen molar-refractivity contribution in [2.75, 3.05) is 4.90 Å². The predicted molar refractivity (Wildman–Crippen MR) is 123 cm³/mol. The van der Waals surface area contributed by atoms with E-state index in [1.54, 1.807) is 18.2 Å². The number of halogens is 1. The van der Waals surface area contributed by atoms with Gasteiger partial charge < -0.3 is 9.52 Å². The standard InChI is InChI=1S/C22H14ClNO4S2/c1-12-2-5-14(6-3-12)24-20(25)19(30-22(24)29)11-15-7-9-18(28-15)16-10-13(21(26)27)4-8-17(16)23/h2-11H,1H3,(H,26,27)/b19-11+. The largest absolute Gasteiger partial charge is 0.478 e. The SMILES string of the molecule is Cc1ccc(N2C(=O)/C(=C\c3ccc(-c4cc(C(=O)O)ccc4Cl)o3)SC2=S)cc1. The van der Waals surface area contributed by atoms with E-state index in [0.717, 1.165) is 5.56 Å². The molecule has 5 nitrogen and oxygen atoms in total. The van der Waals surface area contributed by atoms with Gasteiger partial charge in [-0.05, 0) is 49.4 Å². The molecular formula is C22H14ClNO4S2. The number of aromatic carboxylic acids is 1. The second-order valence-corrected chi connectivity index (χ2v) is 8.64. The zero-order valence-corrected chi connectivity index (χ0v) is 18.0. The van der Waals surface area contributed by atoms with Crippen LogP contribution in [-0.2, 0) is 4.79 Å². The molecule has 0 aliphatic carbocycles. The summed E-state index contributed by atoms with van der Waals surface area (Å²) in [6.45, 7) is 1.97. The fourth-order valence-corrected chi connectivity index (χ4v) is 4.43. The number of carbonyl (C=O) groups is 2. The fourth-order valence-electron chi connectivity index (χ4n) is 2.94. The molecule has 0 saturated carbocycles. The highest BCUT2D eigenvalue weighted by Crippen LogP contribution is 2.37. The Morgan fingerprint density at radius 3 is 2.60 bits per heavy atom. The van der Waals surface area contributed by atoms with Crippen LogP contribution in [0.15, 0.2) is 63.9 Å². The number of thioether (sulfide) groups is 1. The Kier molecular flexibility index (Phi) is 5.51. The molecule has 1 aliphatic heterocycles. The van der Waals surface area contributed by atoms with Gasteiger partial charge in [0.05, 0.1) is 21.2 Å². The van der Waals surface area contributed by atoms with Crippen molar-refractivity contribution in [3.63, 3.8) is 0 Å². The molecule has 0 unspecified atom stereocenters. The molecule has 1 saturated heterocycles. The van der Waals surface area contributed by atoms with Gasteiger partial charge in [0.25, 0.3) is 5.91 Å².